The van der Waals surface area contributed by atoms with Crippen molar-refractivity contribution in [2.24, 2.45) is 0 Å². The van der Waals surface area contributed by atoms with Crippen molar-refractivity contribution in [2.75, 3.05) is 4.90 Å². The lowest BCUT2D eigenvalue weighted by Gasteiger charge is -2.18. The monoisotopic (exact) mass is 355 g/mol. The third kappa shape index (κ3) is 3.28. The number of aromatic carboxylic acids is 1. The number of thioether (sulfide) groups is 1. The molecule has 1 saturated heterocycles. The molecule has 1 aromatic carbocycles. The Bertz CT molecular complexity index is 881. The second-order valence-electron chi connectivity index (χ2n) is 5.81. The van der Waals surface area contributed by atoms with E-state index >= 15 is 0 Å². The number of carbonyl (C=O) groups is 3. The van der Waals surface area contributed by atoms with Crippen molar-refractivity contribution in [3.8, 4) is 0 Å². The van der Waals surface area contributed by atoms with Gasteiger partial charge in [-0.2, -0.15) is 0 Å². The lowest BCUT2D eigenvalue weighted by atomic mass is 10.1. The van der Waals surface area contributed by atoms with E-state index in [1.165, 1.54) is 23.2 Å². The summed E-state index contributed by atoms with van der Waals surface area (Å²) < 4.78 is 0. The van der Waals surface area contributed by atoms with Gasteiger partial charge in [-0.3, -0.25) is 9.59 Å². The van der Waals surface area contributed by atoms with Crippen LogP contribution < -0.4 is 10.0 Å². The third-order valence-electron chi connectivity index (χ3n) is 3.94. The largest absolute Gasteiger partial charge is 0.545 e. The fourth-order valence-electron chi connectivity index (χ4n) is 2.78. The van der Waals surface area contributed by atoms with Gasteiger partial charge >= 0.3 is 0 Å². The van der Waals surface area contributed by atoms with Gasteiger partial charge in [-0.1, -0.05) is 29.5 Å². The van der Waals surface area contributed by atoms with Gasteiger partial charge in [-0.15, -0.1) is 0 Å². The number of amides is 2. The van der Waals surface area contributed by atoms with Gasteiger partial charge in [0.1, 0.15) is 5.03 Å². The van der Waals surface area contributed by atoms with Crippen LogP contribution in [-0.4, -0.2) is 28.0 Å². The van der Waals surface area contributed by atoms with Crippen molar-refractivity contribution in [1.29, 1.82) is 0 Å². The molecule has 0 radical (unpaired) electrons. The van der Waals surface area contributed by atoms with E-state index < -0.39 is 11.2 Å². The zero-order valence-electron chi connectivity index (χ0n) is 13.7. The number of hydrogen-bond acceptors (Lipinski definition) is 6. The summed E-state index contributed by atoms with van der Waals surface area (Å²) in [5.41, 5.74) is 2.35. The summed E-state index contributed by atoms with van der Waals surface area (Å²) >= 11 is 0.981. The quantitative estimate of drug-likeness (QED) is 0.772. The van der Waals surface area contributed by atoms with Gasteiger partial charge in [0.25, 0.3) is 0 Å². The van der Waals surface area contributed by atoms with E-state index in [4.69, 9.17) is 0 Å². The van der Waals surface area contributed by atoms with Crippen molar-refractivity contribution in [2.45, 2.75) is 30.5 Å². The number of benzene rings is 1. The predicted octanol–water partition coefficient (Wildman–Crippen LogP) is 1.49. The van der Waals surface area contributed by atoms with Crippen LogP contribution in [-0.2, 0) is 9.59 Å². The SMILES string of the molecule is Cc1ccc(N2C(=O)C[C@H](Sc3ncccc3C(=O)[O-])C2=O)c(C)c1. The molecule has 0 bridgehead atoms. The van der Waals surface area contributed by atoms with Crippen molar-refractivity contribution in [3.05, 3.63) is 53.2 Å². The molecule has 25 heavy (non-hydrogen) atoms. The number of hydrogen-bond donors (Lipinski definition) is 0. The minimum absolute atomic E-state index is 0.000121. The van der Waals surface area contributed by atoms with Gasteiger partial charge in [0.15, 0.2) is 0 Å². The van der Waals surface area contributed by atoms with E-state index in [9.17, 15) is 19.5 Å². The number of carboxylic acids is 1. The van der Waals surface area contributed by atoms with Crippen LogP contribution in [0.1, 0.15) is 27.9 Å². The van der Waals surface area contributed by atoms with Gasteiger partial charge in [-0.05, 0) is 37.6 Å². The van der Waals surface area contributed by atoms with Crippen LogP contribution in [0, 0.1) is 13.8 Å². The van der Waals surface area contributed by atoms with Crippen molar-refractivity contribution < 1.29 is 19.5 Å². The Labute approximate surface area is 148 Å². The van der Waals surface area contributed by atoms with Crippen LogP contribution in [0.15, 0.2) is 41.6 Å². The number of carbonyl (C=O) groups excluding carboxylic acids is 3. The van der Waals surface area contributed by atoms with Gasteiger partial charge < -0.3 is 9.90 Å². The Morgan fingerprint density at radius 2 is 2.04 bits per heavy atom. The highest BCUT2D eigenvalue weighted by atomic mass is 32.2. The van der Waals surface area contributed by atoms with E-state index in [1.54, 1.807) is 6.07 Å². The van der Waals surface area contributed by atoms with Crippen LogP contribution >= 0.6 is 11.8 Å². The topological polar surface area (TPSA) is 90.4 Å². The second kappa shape index (κ2) is 6.68. The molecule has 2 aromatic rings. The molecule has 0 aliphatic carbocycles. The maximum absolute atomic E-state index is 12.7. The van der Waals surface area contributed by atoms with Gasteiger partial charge in [0, 0.05) is 18.2 Å². The smallest absolute Gasteiger partial charge is 0.247 e. The summed E-state index contributed by atoms with van der Waals surface area (Å²) in [4.78, 5) is 41.5. The van der Waals surface area contributed by atoms with Crippen LogP contribution in [0.2, 0.25) is 0 Å². The van der Waals surface area contributed by atoms with Gasteiger partial charge in [-0.25, -0.2) is 9.88 Å². The van der Waals surface area contributed by atoms with Crippen molar-refractivity contribution in [3.63, 3.8) is 0 Å². The summed E-state index contributed by atoms with van der Waals surface area (Å²) in [5.74, 6) is -2.03. The number of imide groups is 1. The Morgan fingerprint density at radius 3 is 2.72 bits per heavy atom. The fraction of sp³-hybridized carbons (Fsp3) is 0.222. The molecule has 0 saturated carbocycles. The highest BCUT2D eigenvalue weighted by Gasteiger charge is 2.41. The van der Waals surface area contributed by atoms with E-state index in [2.05, 4.69) is 4.98 Å². The van der Waals surface area contributed by atoms with Crippen molar-refractivity contribution in [1.82, 2.24) is 4.98 Å². The van der Waals surface area contributed by atoms with E-state index in [-0.39, 0.29) is 28.8 Å². The molecule has 1 aliphatic rings. The van der Waals surface area contributed by atoms with E-state index in [1.807, 2.05) is 26.0 Å². The maximum atomic E-state index is 12.7. The Hall–Kier alpha value is -2.67. The minimum atomic E-state index is -1.36. The maximum Gasteiger partial charge on any atom is 0.247 e. The average Bonchev–Trinajstić information content (AvgIpc) is 2.82. The predicted molar refractivity (Wildman–Crippen MR) is 91.2 cm³/mol. The summed E-state index contributed by atoms with van der Waals surface area (Å²) in [6.45, 7) is 3.78. The number of aryl methyl sites for hydroxylation is 2. The molecular weight excluding hydrogens is 340 g/mol. The Kier molecular flexibility index (Phi) is 4.59. The molecule has 0 N–H and O–H groups in total. The molecule has 0 unspecified atom stereocenters. The highest BCUT2D eigenvalue weighted by molar-refractivity contribution is 8.00. The van der Waals surface area contributed by atoms with Gasteiger partial charge in [0.2, 0.25) is 11.8 Å². The molecule has 128 valence electrons. The number of anilines is 1. The normalized spacial score (nSPS) is 17.2. The van der Waals surface area contributed by atoms with Crippen LogP contribution in [0.3, 0.4) is 0 Å². The Morgan fingerprint density at radius 1 is 1.28 bits per heavy atom. The van der Waals surface area contributed by atoms with E-state index in [0.29, 0.717) is 5.69 Å². The number of rotatable bonds is 4. The number of nitrogens with zero attached hydrogens (tertiary/aromatic N) is 2. The first-order chi connectivity index (χ1) is 11.9. The highest BCUT2D eigenvalue weighted by Crippen LogP contribution is 2.35. The minimum Gasteiger partial charge on any atom is -0.545 e. The summed E-state index contributed by atoms with van der Waals surface area (Å²) in [6.07, 6.45) is 1.44. The molecule has 7 heteroatoms. The zero-order chi connectivity index (χ0) is 18.1. The first-order valence-electron chi connectivity index (χ1n) is 7.65. The second-order valence-corrected chi connectivity index (χ2v) is 7.00. The summed E-state index contributed by atoms with van der Waals surface area (Å²) in [6, 6.07) is 8.35. The van der Waals surface area contributed by atoms with E-state index in [0.717, 1.165) is 22.9 Å². The lowest BCUT2D eigenvalue weighted by Crippen LogP contribution is -2.32. The lowest BCUT2D eigenvalue weighted by molar-refractivity contribution is -0.255. The first kappa shape index (κ1) is 17.2. The standard InChI is InChI=1S/C18H16N2O4S/c1-10-5-6-13(11(2)8-10)20-15(21)9-14(17(20)22)25-16-12(18(23)24)4-3-7-19-16/h3-8,14H,9H2,1-2H3,(H,23,24)/p-1/t14-/m0/s1. The molecule has 1 fully saturated rings. The van der Waals surface area contributed by atoms with Crippen LogP contribution in [0.25, 0.3) is 0 Å². The molecule has 1 aliphatic heterocycles. The molecule has 0 spiro atoms. The van der Waals surface area contributed by atoms with Crippen LogP contribution in [0.4, 0.5) is 5.69 Å². The molecule has 1 atom stereocenters. The van der Waals surface area contributed by atoms with Gasteiger partial charge in [0.05, 0.1) is 16.9 Å². The average molecular weight is 355 g/mol. The molecule has 6 nitrogen and oxygen atoms in total. The molecular formula is C18H15N2O4S-. The van der Waals surface area contributed by atoms with Crippen LogP contribution in [0.5, 0.6) is 0 Å². The fourth-order valence-corrected chi connectivity index (χ4v) is 3.88. The number of pyridine rings is 1. The zero-order valence-corrected chi connectivity index (χ0v) is 14.5. The molecule has 2 heterocycles. The molecule has 1 aromatic heterocycles. The molecule has 2 amide bonds. The Balaban J connectivity index is 1.88. The molecule has 3 rings (SSSR count). The summed E-state index contributed by atoms with van der Waals surface area (Å²) in [5, 5.41) is 10.6. The first-order valence-corrected chi connectivity index (χ1v) is 8.53. The van der Waals surface area contributed by atoms with Crippen molar-refractivity contribution >= 4 is 35.2 Å². The third-order valence-corrected chi connectivity index (χ3v) is 5.14. The summed E-state index contributed by atoms with van der Waals surface area (Å²) in [7, 11) is 0. The number of aromatic nitrogens is 1. The number of carboxylic acid groups (broad SMARTS) is 1.